The van der Waals surface area contributed by atoms with Crippen molar-refractivity contribution in [1.82, 2.24) is 5.32 Å². The van der Waals surface area contributed by atoms with E-state index in [1.54, 1.807) is 0 Å². The van der Waals surface area contributed by atoms with Gasteiger partial charge in [-0.05, 0) is 44.1 Å². The molecule has 88 valence electrons. The molecule has 0 aromatic carbocycles. The molecule has 2 fully saturated rings. The highest BCUT2D eigenvalue weighted by atomic mass is 16.3. The van der Waals surface area contributed by atoms with Gasteiger partial charge in [-0.3, -0.25) is 0 Å². The monoisotopic (exact) mass is 211 g/mol. The second-order valence-corrected chi connectivity index (χ2v) is 5.43. The highest BCUT2D eigenvalue weighted by Gasteiger charge is 2.32. The molecule has 1 aliphatic heterocycles. The standard InChI is InChI=1S/C13H25NO/c1-10(12-7-4-5-9-14-12)11-6-2-3-8-13(11)15/h10-15H,2-9H2,1H3/t10-,11+,12-,13-/m1/s1. The molecule has 0 aromatic rings. The number of aliphatic hydroxyl groups excluding tert-OH is 1. The summed E-state index contributed by atoms with van der Waals surface area (Å²) in [6, 6.07) is 0.663. The number of aliphatic hydroxyl groups is 1. The van der Waals surface area contributed by atoms with E-state index in [2.05, 4.69) is 12.2 Å². The van der Waals surface area contributed by atoms with Crippen LogP contribution in [-0.4, -0.2) is 23.8 Å². The molecule has 15 heavy (non-hydrogen) atoms. The zero-order valence-electron chi connectivity index (χ0n) is 9.91. The van der Waals surface area contributed by atoms with Gasteiger partial charge in [-0.1, -0.05) is 26.2 Å². The average Bonchev–Trinajstić information content (AvgIpc) is 2.30. The van der Waals surface area contributed by atoms with Crippen LogP contribution in [0.2, 0.25) is 0 Å². The van der Waals surface area contributed by atoms with Crippen molar-refractivity contribution >= 4 is 0 Å². The molecule has 0 bridgehead atoms. The largest absolute Gasteiger partial charge is 0.393 e. The zero-order chi connectivity index (χ0) is 10.7. The van der Waals surface area contributed by atoms with Crippen molar-refractivity contribution in [3.05, 3.63) is 0 Å². The van der Waals surface area contributed by atoms with E-state index < -0.39 is 0 Å². The Morgan fingerprint density at radius 1 is 1.07 bits per heavy atom. The lowest BCUT2D eigenvalue weighted by atomic mass is 9.74. The number of piperidine rings is 1. The predicted molar refractivity (Wildman–Crippen MR) is 62.8 cm³/mol. The van der Waals surface area contributed by atoms with Gasteiger partial charge in [-0.25, -0.2) is 0 Å². The van der Waals surface area contributed by atoms with E-state index in [1.165, 1.54) is 45.1 Å². The molecule has 0 aromatic heterocycles. The maximum atomic E-state index is 10.0. The van der Waals surface area contributed by atoms with E-state index in [1.807, 2.05) is 0 Å². The van der Waals surface area contributed by atoms with E-state index in [-0.39, 0.29) is 6.10 Å². The lowest BCUT2D eigenvalue weighted by Crippen LogP contribution is -2.45. The molecule has 4 atom stereocenters. The van der Waals surface area contributed by atoms with Crippen LogP contribution < -0.4 is 5.32 Å². The van der Waals surface area contributed by atoms with Crippen molar-refractivity contribution in [1.29, 1.82) is 0 Å². The van der Waals surface area contributed by atoms with Crippen molar-refractivity contribution in [2.45, 2.75) is 64.0 Å². The van der Waals surface area contributed by atoms with Gasteiger partial charge in [0.05, 0.1) is 6.10 Å². The van der Waals surface area contributed by atoms with Crippen LogP contribution >= 0.6 is 0 Å². The third kappa shape index (κ3) is 2.73. The van der Waals surface area contributed by atoms with Gasteiger partial charge < -0.3 is 10.4 Å². The summed E-state index contributed by atoms with van der Waals surface area (Å²) in [6.07, 6.45) is 8.78. The quantitative estimate of drug-likeness (QED) is 0.734. The first kappa shape index (κ1) is 11.4. The Hall–Kier alpha value is -0.0800. The highest BCUT2D eigenvalue weighted by molar-refractivity contribution is 4.86. The molecular formula is C13H25NO. The molecular weight excluding hydrogens is 186 g/mol. The molecule has 1 heterocycles. The molecule has 2 N–H and O–H groups in total. The lowest BCUT2D eigenvalue weighted by molar-refractivity contribution is 0.0274. The summed E-state index contributed by atoms with van der Waals surface area (Å²) in [5.41, 5.74) is 0. The average molecular weight is 211 g/mol. The van der Waals surface area contributed by atoms with Gasteiger partial charge in [0.15, 0.2) is 0 Å². The van der Waals surface area contributed by atoms with E-state index in [0.29, 0.717) is 17.9 Å². The maximum Gasteiger partial charge on any atom is 0.0571 e. The Morgan fingerprint density at radius 3 is 2.47 bits per heavy atom. The zero-order valence-corrected chi connectivity index (χ0v) is 9.91. The summed E-state index contributed by atoms with van der Waals surface area (Å²) >= 11 is 0. The number of nitrogens with one attached hydrogen (secondary N) is 1. The van der Waals surface area contributed by atoms with Crippen LogP contribution in [0.4, 0.5) is 0 Å². The van der Waals surface area contributed by atoms with Gasteiger partial charge in [0.1, 0.15) is 0 Å². The van der Waals surface area contributed by atoms with Crippen LogP contribution in [0.5, 0.6) is 0 Å². The van der Waals surface area contributed by atoms with Crippen LogP contribution in [0, 0.1) is 11.8 Å². The summed E-state index contributed by atoms with van der Waals surface area (Å²) in [5, 5.41) is 13.7. The second kappa shape index (κ2) is 5.31. The SMILES string of the molecule is C[C@H]([C@@H]1CCCC[C@H]1O)[C@H]1CCCCN1. The highest BCUT2D eigenvalue weighted by Crippen LogP contribution is 2.33. The molecule has 0 unspecified atom stereocenters. The lowest BCUT2D eigenvalue weighted by Gasteiger charge is -2.38. The topological polar surface area (TPSA) is 32.3 Å². The Bertz CT molecular complexity index is 189. The van der Waals surface area contributed by atoms with Gasteiger partial charge in [0.2, 0.25) is 0 Å². The fourth-order valence-corrected chi connectivity index (χ4v) is 3.38. The van der Waals surface area contributed by atoms with Crippen LogP contribution in [0.25, 0.3) is 0 Å². The molecule has 1 saturated heterocycles. The van der Waals surface area contributed by atoms with Crippen LogP contribution in [0.15, 0.2) is 0 Å². The summed E-state index contributed by atoms with van der Waals surface area (Å²) in [4.78, 5) is 0. The van der Waals surface area contributed by atoms with Crippen LogP contribution in [0.3, 0.4) is 0 Å². The van der Waals surface area contributed by atoms with Crippen molar-refractivity contribution in [2.75, 3.05) is 6.54 Å². The van der Waals surface area contributed by atoms with Crippen molar-refractivity contribution in [2.24, 2.45) is 11.8 Å². The first-order valence-corrected chi connectivity index (χ1v) is 6.70. The van der Waals surface area contributed by atoms with Crippen molar-refractivity contribution < 1.29 is 5.11 Å². The Kier molecular flexibility index (Phi) is 4.04. The van der Waals surface area contributed by atoms with E-state index in [0.717, 1.165) is 6.42 Å². The first-order valence-electron chi connectivity index (χ1n) is 6.70. The van der Waals surface area contributed by atoms with E-state index >= 15 is 0 Å². The summed E-state index contributed by atoms with van der Waals surface area (Å²) in [5.74, 6) is 1.20. The molecule has 0 spiro atoms. The molecule has 0 amide bonds. The normalized spacial score (nSPS) is 40.0. The summed E-state index contributed by atoms with van der Waals surface area (Å²) in [7, 11) is 0. The third-order valence-corrected chi connectivity index (χ3v) is 4.44. The number of hydrogen-bond acceptors (Lipinski definition) is 2. The van der Waals surface area contributed by atoms with Gasteiger partial charge in [-0.2, -0.15) is 0 Å². The molecule has 2 heteroatoms. The minimum atomic E-state index is -0.0301. The van der Waals surface area contributed by atoms with E-state index in [9.17, 15) is 5.11 Å². The summed E-state index contributed by atoms with van der Waals surface area (Å²) < 4.78 is 0. The molecule has 2 aliphatic rings. The first-order chi connectivity index (χ1) is 7.29. The smallest absolute Gasteiger partial charge is 0.0571 e. The Labute approximate surface area is 93.5 Å². The third-order valence-electron chi connectivity index (χ3n) is 4.44. The number of rotatable bonds is 2. The van der Waals surface area contributed by atoms with Gasteiger partial charge in [0, 0.05) is 6.04 Å². The van der Waals surface area contributed by atoms with Crippen LogP contribution in [-0.2, 0) is 0 Å². The summed E-state index contributed by atoms with van der Waals surface area (Å²) in [6.45, 7) is 3.51. The molecule has 0 radical (unpaired) electrons. The Morgan fingerprint density at radius 2 is 1.80 bits per heavy atom. The second-order valence-electron chi connectivity index (χ2n) is 5.43. The molecule has 1 saturated carbocycles. The van der Waals surface area contributed by atoms with Crippen LogP contribution in [0.1, 0.15) is 51.9 Å². The van der Waals surface area contributed by atoms with Gasteiger partial charge in [-0.15, -0.1) is 0 Å². The number of hydrogen-bond donors (Lipinski definition) is 2. The van der Waals surface area contributed by atoms with Gasteiger partial charge in [0.25, 0.3) is 0 Å². The fourth-order valence-electron chi connectivity index (χ4n) is 3.38. The van der Waals surface area contributed by atoms with Crippen molar-refractivity contribution in [3.8, 4) is 0 Å². The van der Waals surface area contributed by atoms with E-state index in [4.69, 9.17) is 0 Å². The van der Waals surface area contributed by atoms with Gasteiger partial charge >= 0.3 is 0 Å². The predicted octanol–water partition coefficient (Wildman–Crippen LogP) is 2.32. The minimum absolute atomic E-state index is 0.0301. The molecule has 1 aliphatic carbocycles. The maximum absolute atomic E-state index is 10.0. The fraction of sp³-hybridized carbons (Fsp3) is 1.00. The molecule has 2 nitrogen and oxygen atoms in total. The van der Waals surface area contributed by atoms with Crippen molar-refractivity contribution in [3.63, 3.8) is 0 Å². The molecule has 2 rings (SSSR count). The minimum Gasteiger partial charge on any atom is -0.393 e. The Balaban J connectivity index is 1.89.